The summed E-state index contributed by atoms with van der Waals surface area (Å²) in [5.41, 5.74) is 2.85. The number of nitrogens with zero attached hydrogens (tertiary/aromatic N) is 2. The number of aryl methyl sites for hydroxylation is 1. The summed E-state index contributed by atoms with van der Waals surface area (Å²) in [4.78, 5) is 15.2. The van der Waals surface area contributed by atoms with Crippen LogP contribution in [0, 0.1) is 10.1 Å². The van der Waals surface area contributed by atoms with E-state index in [9.17, 15) is 10.1 Å². The minimum Gasteiger partial charge on any atom is -0.436 e. The molecule has 5 heteroatoms. The molecule has 0 spiro atoms. The smallest absolute Gasteiger partial charge is 0.272 e. The number of fused-ring (bicyclic) bond motifs is 2. The van der Waals surface area contributed by atoms with Crippen LogP contribution in [0.25, 0.3) is 33.3 Å². The van der Waals surface area contributed by atoms with E-state index in [0.717, 1.165) is 21.9 Å². The van der Waals surface area contributed by atoms with Crippen molar-refractivity contribution in [3.8, 4) is 11.5 Å². The Hall–Kier alpha value is -3.21. The van der Waals surface area contributed by atoms with Crippen LogP contribution in [0.15, 0.2) is 59.0 Å². The van der Waals surface area contributed by atoms with E-state index in [1.165, 1.54) is 6.07 Å². The second-order valence-corrected chi connectivity index (χ2v) is 5.61. The number of aromatic nitrogens is 1. The minimum absolute atomic E-state index is 0.0390. The van der Waals surface area contributed by atoms with Crippen molar-refractivity contribution in [1.82, 2.24) is 4.98 Å². The maximum Gasteiger partial charge on any atom is 0.272 e. The standard InChI is InChI=1S/C19H14N2O3/c1-2-12-10-14(21(22)23)11-17-18(12)24-19(20-17)16-9-5-7-13-6-3-4-8-15(13)16/h3-11H,2H2,1H3. The Morgan fingerprint density at radius 2 is 1.92 bits per heavy atom. The van der Waals surface area contributed by atoms with Crippen molar-refractivity contribution < 1.29 is 9.34 Å². The molecule has 0 saturated heterocycles. The zero-order valence-electron chi connectivity index (χ0n) is 13.0. The van der Waals surface area contributed by atoms with E-state index in [1.807, 2.05) is 49.4 Å². The molecule has 5 nitrogen and oxygen atoms in total. The molecule has 0 aliphatic carbocycles. The molecule has 1 aromatic heterocycles. The summed E-state index contributed by atoms with van der Waals surface area (Å²) < 4.78 is 5.99. The van der Waals surface area contributed by atoms with Crippen molar-refractivity contribution in [1.29, 1.82) is 0 Å². The second-order valence-electron chi connectivity index (χ2n) is 5.61. The van der Waals surface area contributed by atoms with Gasteiger partial charge in [-0.2, -0.15) is 0 Å². The fourth-order valence-corrected chi connectivity index (χ4v) is 2.98. The van der Waals surface area contributed by atoms with Gasteiger partial charge in [-0.1, -0.05) is 43.3 Å². The maximum absolute atomic E-state index is 11.1. The molecule has 118 valence electrons. The zero-order chi connectivity index (χ0) is 16.7. The lowest BCUT2D eigenvalue weighted by Gasteiger charge is -2.02. The van der Waals surface area contributed by atoms with Crippen molar-refractivity contribution in [2.24, 2.45) is 0 Å². The molecule has 0 amide bonds. The highest BCUT2D eigenvalue weighted by Crippen LogP contribution is 2.33. The van der Waals surface area contributed by atoms with Gasteiger partial charge < -0.3 is 4.42 Å². The number of rotatable bonds is 3. The molecule has 0 N–H and O–H groups in total. The monoisotopic (exact) mass is 318 g/mol. The van der Waals surface area contributed by atoms with Crippen LogP contribution < -0.4 is 0 Å². The van der Waals surface area contributed by atoms with Gasteiger partial charge in [0, 0.05) is 23.3 Å². The van der Waals surface area contributed by atoms with Crippen molar-refractivity contribution in [3.63, 3.8) is 0 Å². The van der Waals surface area contributed by atoms with Gasteiger partial charge in [0.15, 0.2) is 5.58 Å². The van der Waals surface area contributed by atoms with Crippen LogP contribution in [0.5, 0.6) is 0 Å². The van der Waals surface area contributed by atoms with Crippen LogP contribution in [0.4, 0.5) is 5.69 Å². The predicted molar refractivity (Wildman–Crippen MR) is 93.0 cm³/mol. The maximum atomic E-state index is 11.1. The molecule has 0 radical (unpaired) electrons. The molecule has 0 fully saturated rings. The summed E-state index contributed by atoms with van der Waals surface area (Å²) in [6.45, 7) is 1.94. The fraction of sp³-hybridized carbons (Fsp3) is 0.105. The largest absolute Gasteiger partial charge is 0.436 e. The van der Waals surface area contributed by atoms with Crippen molar-refractivity contribution in [3.05, 3.63) is 70.3 Å². The number of nitro groups is 1. The molecule has 3 aromatic carbocycles. The van der Waals surface area contributed by atoms with E-state index in [0.29, 0.717) is 23.4 Å². The molecule has 4 aromatic rings. The van der Waals surface area contributed by atoms with Crippen molar-refractivity contribution >= 4 is 27.6 Å². The van der Waals surface area contributed by atoms with Gasteiger partial charge in [-0.3, -0.25) is 10.1 Å². The Kier molecular flexibility index (Phi) is 3.27. The first-order valence-corrected chi connectivity index (χ1v) is 7.73. The van der Waals surface area contributed by atoms with E-state index in [4.69, 9.17) is 4.42 Å². The van der Waals surface area contributed by atoms with Gasteiger partial charge in [0.1, 0.15) is 5.52 Å². The number of non-ortho nitro benzene ring substituents is 1. The van der Waals surface area contributed by atoms with E-state index in [2.05, 4.69) is 4.98 Å². The average Bonchev–Trinajstić information content (AvgIpc) is 3.04. The van der Waals surface area contributed by atoms with E-state index in [-0.39, 0.29) is 5.69 Å². The third-order valence-electron chi connectivity index (χ3n) is 4.16. The van der Waals surface area contributed by atoms with Gasteiger partial charge in [0.2, 0.25) is 5.89 Å². The average molecular weight is 318 g/mol. The lowest BCUT2D eigenvalue weighted by molar-refractivity contribution is -0.384. The molecule has 0 unspecified atom stereocenters. The predicted octanol–water partition coefficient (Wildman–Crippen LogP) is 5.12. The summed E-state index contributed by atoms with van der Waals surface area (Å²) in [7, 11) is 0. The highest BCUT2D eigenvalue weighted by Gasteiger charge is 2.17. The number of oxazole rings is 1. The molecular weight excluding hydrogens is 304 g/mol. The molecular formula is C19H14N2O3. The zero-order valence-corrected chi connectivity index (χ0v) is 13.0. The van der Waals surface area contributed by atoms with Gasteiger partial charge in [-0.25, -0.2) is 4.98 Å². The number of benzene rings is 3. The quantitative estimate of drug-likeness (QED) is 0.388. The lowest BCUT2D eigenvalue weighted by atomic mass is 10.0. The Bertz CT molecular complexity index is 1080. The van der Waals surface area contributed by atoms with Crippen LogP contribution in [0.2, 0.25) is 0 Å². The summed E-state index contributed by atoms with van der Waals surface area (Å²) >= 11 is 0. The summed E-state index contributed by atoms with van der Waals surface area (Å²) in [5.74, 6) is 0.483. The van der Waals surface area contributed by atoms with Crippen LogP contribution in [0.3, 0.4) is 0 Å². The second kappa shape index (κ2) is 5.45. The normalized spacial score (nSPS) is 11.2. The highest BCUT2D eigenvalue weighted by atomic mass is 16.6. The minimum atomic E-state index is -0.398. The molecule has 0 atom stereocenters. The van der Waals surface area contributed by atoms with Crippen LogP contribution in [-0.4, -0.2) is 9.91 Å². The van der Waals surface area contributed by atoms with Gasteiger partial charge in [-0.05, 0) is 23.3 Å². The Morgan fingerprint density at radius 1 is 1.12 bits per heavy atom. The number of hydrogen-bond acceptors (Lipinski definition) is 4. The third-order valence-corrected chi connectivity index (χ3v) is 4.16. The summed E-state index contributed by atoms with van der Waals surface area (Å²) in [5, 5.41) is 13.2. The first kappa shape index (κ1) is 14.4. The highest BCUT2D eigenvalue weighted by molar-refractivity contribution is 5.96. The molecule has 1 heterocycles. The molecule has 24 heavy (non-hydrogen) atoms. The van der Waals surface area contributed by atoms with Gasteiger partial charge in [0.25, 0.3) is 5.69 Å². The van der Waals surface area contributed by atoms with Gasteiger partial charge in [0.05, 0.1) is 4.92 Å². The van der Waals surface area contributed by atoms with Crippen LogP contribution >= 0.6 is 0 Å². The van der Waals surface area contributed by atoms with Gasteiger partial charge >= 0.3 is 0 Å². The Morgan fingerprint density at radius 3 is 2.71 bits per heavy atom. The van der Waals surface area contributed by atoms with E-state index >= 15 is 0 Å². The van der Waals surface area contributed by atoms with Crippen molar-refractivity contribution in [2.75, 3.05) is 0 Å². The molecule has 0 aliphatic rings. The van der Waals surface area contributed by atoms with E-state index in [1.54, 1.807) is 6.07 Å². The third kappa shape index (κ3) is 2.22. The molecule has 0 aliphatic heterocycles. The fourth-order valence-electron chi connectivity index (χ4n) is 2.98. The molecule has 0 bridgehead atoms. The van der Waals surface area contributed by atoms with Crippen LogP contribution in [-0.2, 0) is 6.42 Å². The molecule has 4 rings (SSSR count). The summed E-state index contributed by atoms with van der Waals surface area (Å²) in [6, 6.07) is 17.0. The first-order valence-electron chi connectivity index (χ1n) is 7.73. The van der Waals surface area contributed by atoms with Gasteiger partial charge in [-0.15, -0.1) is 0 Å². The van der Waals surface area contributed by atoms with E-state index < -0.39 is 4.92 Å². The number of hydrogen-bond donors (Lipinski definition) is 0. The van der Waals surface area contributed by atoms with Crippen LogP contribution in [0.1, 0.15) is 12.5 Å². The summed E-state index contributed by atoms with van der Waals surface area (Å²) in [6.07, 6.45) is 0.641. The lowest BCUT2D eigenvalue weighted by Crippen LogP contribution is -1.90. The Balaban J connectivity index is 1.99. The van der Waals surface area contributed by atoms with Crippen molar-refractivity contribution in [2.45, 2.75) is 13.3 Å². The Labute approximate surface area is 137 Å². The topological polar surface area (TPSA) is 69.2 Å². The first-order chi connectivity index (χ1) is 11.7. The SMILES string of the molecule is CCc1cc([N+](=O)[O-])cc2nc(-c3cccc4ccccc34)oc12. The number of nitro benzene ring substituents is 1. The molecule has 0 saturated carbocycles.